The van der Waals surface area contributed by atoms with Crippen molar-refractivity contribution in [2.75, 3.05) is 13.1 Å². The fourth-order valence-corrected chi connectivity index (χ4v) is 1.38. The van der Waals surface area contributed by atoms with Gasteiger partial charge in [-0.2, -0.15) is 5.10 Å². The van der Waals surface area contributed by atoms with Crippen LogP contribution < -0.4 is 0 Å². The van der Waals surface area contributed by atoms with Gasteiger partial charge < -0.3 is 10.0 Å². The van der Waals surface area contributed by atoms with Crippen LogP contribution >= 0.6 is 0 Å². The number of nitrogens with zero attached hydrogens (tertiary/aromatic N) is 3. The highest BCUT2D eigenvalue weighted by Crippen LogP contribution is 2.10. The minimum absolute atomic E-state index is 0.200. The lowest BCUT2D eigenvalue weighted by atomic mass is 10.3. The molecule has 2 rings (SSSR count). The monoisotopic (exact) mass is 182 g/mol. The van der Waals surface area contributed by atoms with E-state index in [1.807, 2.05) is 0 Å². The average Bonchev–Trinajstić information content (AvgIpc) is 2.72. The first kappa shape index (κ1) is 8.18. The molecule has 6 nitrogen and oxygen atoms in total. The van der Waals surface area contributed by atoms with Crippen LogP contribution in [0.3, 0.4) is 0 Å². The summed E-state index contributed by atoms with van der Waals surface area (Å²) in [7, 11) is 0. The lowest BCUT2D eigenvalue weighted by Crippen LogP contribution is -2.30. The summed E-state index contributed by atoms with van der Waals surface area (Å²) in [6, 6.07) is 0. The van der Waals surface area contributed by atoms with E-state index in [1.54, 1.807) is 4.90 Å². The highest BCUT2D eigenvalue weighted by Gasteiger charge is 2.26. The smallest absolute Gasteiger partial charge is 0.291 e. The molecular weight excluding hydrogens is 172 g/mol. The molecule has 70 valence electrons. The van der Waals surface area contributed by atoms with Crippen LogP contribution in [0, 0.1) is 0 Å². The van der Waals surface area contributed by atoms with Crippen molar-refractivity contribution in [1.29, 1.82) is 0 Å². The normalized spacial score (nSPS) is 22.2. The maximum atomic E-state index is 11.5. The minimum Gasteiger partial charge on any atom is -0.391 e. The molecule has 1 aliphatic rings. The Kier molecular flexibility index (Phi) is 1.97. The molecule has 2 N–H and O–H groups in total. The lowest BCUT2D eigenvalue weighted by Gasteiger charge is -2.12. The summed E-state index contributed by atoms with van der Waals surface area (Å²) in [4.78, 5) is 16.8. The van der Waals surface area contributed by atoms with Crippen molar-refractivity contribution in [3.05, 3.63) is 12.2 Å². The van der Waals surface area contributed by atoms with E-state index in [1.165, 1.54) is 6.33 Å². The maximum Gasteiger partial charge on any atom is 0.291 e. The Morgan fingerprint density at radius 2 is 2.62 bits per heavy atom. The second-order valence-corrected chi connectivity index (χ2v) is 3.03. The number of aliphatic hydroxyl groups is 1. The zero-order valence-electron chi connectivity index (χ0n) is 6.97. The van der Waals surface area contributed by atoms with E-state index < -0.39 is 6.10 Å². The number of β-amino-alcohol motifs (C(OH)–C–C–N with tert-alkyl or cyclic N) is 1. The minimum atomic E-state index is -0.396. The van der Waals surface area contributed by atoms with E-state index in [-0.39, 0.29) is 11.7 Å². The predicted octanol–water partition coefficient (Wildman–Crippen LogP) is -0.989. The van der Waals surface area contributed by atoms with Crippen molar-refractivity contribution in [3.8, 4) is 0 Å². The molecule has 1 aromatic heterocycles. The number of nitrogens with one attached hydrogen (secondary N) is 1. The molecule has 1 saturated heterocycles. The fourth-order valence-electron chi connectivity index (χ4n) is 1.38. The first-order chi connectivity index (χ1) is 6.27. The van der Waals surface area contributed by atoms with Gasteiger partial charge in [0.15, 0.2) is 0 Å². The van der Waals surface area contributed by atoms with Crippen molar-refractivity contribution in [2.24, 2.45) is 0 Å². The zero-order chi connectivity index (χ0) is 9.26. The first-order valence-electron chi connectivity index (χ1n) is 4.10. The third-order valence-corrected chi connectivity index (χ3v) is 2.07. The number of carbonyl (C=O) groups is 1. The number of carbonyl (C=O) groups excluding carboxylic acids is 1. The Hall–Kier alpha value is -1.43. The molecular formula is C7H10N4O2. The van der Waals surface area contributed by atoms with E-state index in [0.717, 1.165) is 0 Å². The van der Waals surface area contributed by atoms with E-state index in [0.29, 0.717) is 19.5 Å². The molecule has 0 spiro atoms. The summed E-state index contributed by atoms with van der Waals surface area (Å²) < 4.78 is 0. The number of amides is 1. The standard InChI is InChI=1S/C7H10N4O2/c12-5-1-2-11(3-5)7(13)6-8-4-9-10-6/h4-5,12H,1-3H2,(H,8,9,10)/t5-/m0/s1. The highest BCUT2D eigenvalue weighted by atomic mass is 16.3. The van der Waals surface area contributed by atoms with Crippen LogP contribution in [0.5, 0.6) is 0 Å². The Balaban J connectivity index is 2.06. The Labute approximate surface area is 74.6 Å². The SMILES string of the molecule is O=C(c1ncn[nH]1)N1CC[C@H](O)C1. The molecule has 1 aliphatic heterocycles. The summed E-state index contributed by atoms with van der Waals surface area (Å²) in [6.07, 6.45) is 1.53. The molecule has 0 aromatic carbocycles. The van der Waals surface area contributed by atoms with Crippen molar-refractivity contribution in [2.45, 2.75) is 12.5 Å². The summed E-state index contributed by atoms with van der Waals surface area (Å²) in [5.41, 5.74) is 0. The van der Waals surface area contributed by atoms with Crippen LogP contribution in [-0.2, 0) is 0 Å². The Morgan fingerprint density at radius 1 is 1.77 bits per heavy atom. The van der Waals surface area contributed by atoms with Gasteiger partial charge in [-0.15, -0.1) is 0 Å². The van der Waals surface area contributed by atoms with Gasteiger partial charge in [0.25, 0.3) is 5.91 Å². The molecule has 1 fully saturated rings. The summed E-state index contributed by atoms with van der Waals surface area (Å²) in [5, 5.41) is 15.3. The molecule has 1 amide bonds. The molecule has 13 heavy (non-hydrogen) atoms. The number of aromatic nitrogens is 3. The number of hydrogen-bond donors (Lipinski definition) is 2. The Morgan fingerprint density at radius 3 is 3.15 bits per heavy atom. The van der Waals surface area contributed by atoms with E-state index in [4.69, 9.17) is 0 Å². The molecule has 0 unspecified atom stereocenters. The zero-order valence-corrected chi connectivity index (χ0v) is 6.97. The summed E-state index contributed by atoms with van der Waals surface area (Å²) >= 11 is 0. The molecule has 0 aliphatic carbocycles. The number of hydrogen-bond acceptors (Lipinski definition) is 4. The van der Waals surface area contributed by atoms with E-state index in [9.17, 15) is 9.90 Å². The number of aromatic amines is 1. The second-order valence-electron chi connectivity index (χ2n) is 3.03. The topological polar surface area (TPSA) is 82.1 Å². The van der Waals surface area contributed by atoms with Gasteiger partial charge in [-0.1, -0.05) is 0 Å². The van der Waals surface area contributed by atoms with Gasteiger partial charge in [0.05, 0.1) is 6.10 Å². The molecule has 1 aromatic rings. The van der Waals surface area contributed by atoms with Crippen LogP contribution in [0.15, 0.2) is 6.33 Å². The lowest BCUT2D eigenvalue weighted by molar-refractivity contribution is 0.0753. The molecule has 0 bridgehead atoms. The van der Waals surface area contributed by atoms with Gasteiger partial charge >= 0.3 is 0 Å². The number of likely N-dealkylation sites (tertiary alicyclic amines) is 1. The van der Waals surface area contributed by atoms with Gasteiger partial charge in [0.1, 0.15) is 6.33 Å². The van der Waals surface area contributed by atoms with E-state index >= 15 is 0 Å². The number of rotatable bonds is 1. The first-order valence-corrected chi connectivity index (χ1v) is 4.10. The third kappa shape index (κ3) is 1.52. The predicted molar refractivity (Wildman–Crippen MR) is 42.9 cm³/mol. The highest BCUT2D eigenvalue weighted by molar-refractivity contribution is 5.90. The molecule has 2 heterocycles. The van der Waals surface area contributed by atoms with Gasteiger partial charge in [-0.25, -0.2) is 4.98 Å². The van der Waals surface area contributed by atoms with Crippen LogP contribution in [-0.4, -0.2) is 50.3 Å². The van der Waals surface area contributed by atoms with Gasteiger partial charge in [0, 0.05) is 13.1 Å². The van der Waals surface area contributed by atoms with Crippen LogP contribution in [0.4, 0.5) is 0 Å². The quantitative estimate of drug-likeness (QED) is 0.584. The maximum absolute atomic E-state index is 11.5. The second kappa shape index (κ2) is 3.14. The van der Waals surface area contributed by atoms with Gasteiger partial charge in [-0.3, -0.25) is 9.89 Å². The van der Waals surface area contributed by atoms with Crippen molar-refractivity contribution in [1.82, 2.24) is 20.1 Å². The van der Waals surface area contributed by atoms with Gasteiger partial charge in [-0.05, 0) is 6.42 Å². The molecule has 0 saturated carbocycles. The Bertz CT molecular complexity index is 297. The summed E-state index contributed by atoms with van der Waals surface area (Å²) in [5.74, 6) is 0.0307. The van der Waals surface area contributed by atoms with Crippen molar-refractivity contribution >= 4 is 5.91 Å². The molecule has 1 atom stereocenters. The summed E-state index contributed by atoms with van der Waals surface area (Å²) in [6.45, 7) is 0.972. The van der Waals surface area contributed by atoms with Crippen LogP contribution in [0.1, 0.15) is 17.0 Å². The number of H-pyrrole nitrogens is 1. The average molecular weight is 182 g/mol. The third-order valence-electron chi connectivity index (χ3n) is 2.07. The van der Waals surface area contributed by atoms with E-state index in [2.05, 4.69) is 15.2 Å². The molecule has 6 heteroatoms. The number of aliphatic hydroxyl groups excluding tert-OH is 1. The largest absolute Gasteiger partial charge is 0.391 e. The molecule has 0 radical (unpaired) electrons. The van der Waals surface area contributed by atoms with Gasteiger partial charge in [0.2, 0.25) is 5.82 Å². The van der Waals surface area contributed by atoms with Crippen molar-refractivity contribution in [3.63, 3.8) is 0 Å². The van der Waals surface area contributed by atoms with Crippen molar-refractivity contribution < 1.29 is 9.90 Å². The van der Waals surface area contributed by atoms with Crippen LogP contribution in [0.25, 0.3) is 0 Å². The fraction of sp³-hybridized carbons (Fsp3) is 0.571. The van der Waals surface area contributed by atoms with Crippen LogP contribution in [0.2, 0.25) is 0 Å².